The van der Waals surface area contributed by atoms with Crippen LogP contribution in [0.15, 0.2) is 78.9 Å². The van der Waals surface area contributed by atoms with E-state index in [1.54, 1.807) is 7.11 Å². The number of methoxy groups -OCH3 is 1. The first kappa shape index (κ1) is 21.9. The lowest BCUT2D eigenvalue weighted by Gasteiger charge is -2.19. The van der Waals surface area contributed by atoms with Crippen LogP contribution in [0.5, 0.6) is 11.5 Å². The molecule has 0 bridgehead atoms. The lowest BCUT2D eigenvalue weighted by Crippen LogP contribution is -2.24. The van der Waals surface area contributed by atoms with E-state index in [-0.39, 0.29) is 12.7 Å². The van der Waals surface area contributed by atoms with Gasteiger partial charge in [-0.3, -0.25) is 0 Å². The second-order valence-corrected chi connectivity index (χ2v) is 7.66. The summed E-state index contributed by atoms with van der Waals surface area (Å²) in [5.74, 6) is 2.35. The van der Waals surface area contributed by atoms with Gasteiger partial charge in [-0.15, -0.1) is 0 Å². The molecule has 0 unspecified atom stereocenters. The fraction of sp³-hybridized carbons (Fsp3) is 0.269. The van der Waals surface area contributed by atoms with Crippen molar-refractivity contribution in [2.24, 2.45) is 0 Å². The maximum absolute atomic E-state index is 10.7. The Balaban J connectivity index is 1.44. The fourth-order valence-electron chi connectivity index (χ4n) is 3.65. The van der Waals surface area contributed by atoms with Crippen molar-refractivity contribution in [3.8, 4) is 11.5 Å². The Morgan fingerprint density at radius 3 is 2.38 bits per heavy atom. The minimum absolute atomic E-state index is 0.214. The van der Waals surface area contributed by atoms with E-state index in [0.717, 1.165) is 33.9 Å². The van der Waals surface area contributed by atoms with Crippen LogP contribution in [-0.2, 0) is 17.9 Å². The predicted molar refractivity (Wildman–Crippen MR) is 124 cm³/mol. The molecule has 1 heterocycles. The van der Waals surface area contributed by atoms with Crippen molar-refractivity contribution < 1.29 is 19.3 Å². The monoisotopic (exact) mass is 432 g/mol. The number of imidazole rings is 1. The van der Waals surface area contributed by atoms with Crippen LogP contribution in [0.4, 0.5) is 0 Å². The minimum atomic E-state index is -0.687. The number of para-hydroxylation sites is 3. The Labute approximate surface area is 188 Å². The Morgan fingerprint density at radius 1 is 0.906 bits per heavy atom. The number of aliphatic hydroxyl groups excluding tert-OH is 1. The quantitative estimate of drug-likeness (QED) is 0.391. The van der Waals surface area contributed by atoms with E-state index in [9.17, 15) is 5.11 Å². The van der Waals surface area contributed by atoms with E-state index in [1.165, 1.54) is 0 Å². The van der Waals surface area contributed by atoms with Gasteiger partial charge in [0.2, 0.25) is 0 Å². The van der Waals surface area contributed by atoms with Gasteiger partial charge >= 0.3 is 0 Å². The van der Waals surface area contributed by atoms with Crippen LogP contribution in [0.1, 0.15) is 24.4 Å². The summed E-state index contributed by atoms with van der Waals surface area (Å²) in [5, 5.41) is 10.7. The van der Waals surface area contributed by atoms with Crippen molar-refractivity contribution in [1.29, 1.82) is 0 Å². The molecule has 6 heteroatoms. The number of hydrogen-bond donors (Lipinski definition) is 1. The molecule has 0 spiro atoms. The smallest absolute Gasteiger partial charge is 0.153 e. The summed E-state index contributed by atoms with van der Waals surface area (Å²) in [6, 6.07) is 25.3. The minimum Gasteiger partial charge on any atom is -0.497 e. The molecule has 6 nitrogen and oxygen atoms in total. The summed E-state index contributed by atoms with van der Waals surface area (Å²) in [4.78, 5) is 4.78. The van der Waals surface area contributed by atoms with Crippen LogP contribution in [0.3, 0.4) is 0 Å². The summed E-state index contributed by atoms with van der Waals surface area (Å²) in [5.41, 5.74) is 2.86. The highest BCUT2D eigenvalue weighted by atomic mass is 16.5. The van der Waals surface area contributed by atoms with Crippen molar-refractivity contribution in [3.05, 3.63) is 90.3 Å². The Morgan fingerprint density at radius 2 is 1.62 bits per heavy atom. The largest absolute Gasteiger partial charge is 0.497 e. The average molecular weight is 433 g/mol. The highest BCUT2D eigenvalue weighted by Gasteiger charge is 2.20. The van der Waals surface area contributed by atoms with Gasteiger partial charge in [0.25, 0.3) is 0 Å². The number of fused-ring (bicyclic) bond motifs is 1. The highest BCUT2D eigenvalue weighted by Crippen LogP contribution is 2.25. The third-order valence-corrected chi connectivity index (χ3v) is 5.24. The third-order valence-electron chi connectivity index (χ3n) is 5.24. The zero-order chi connectivity index (χ0) is 22.3. The first-order valence-corrected chi connectivity index (χ1v) is 10.7. The normalized spacial score (nSPS) is 13.1. The van der Waals surface area contributed by atoms with Crippen molar-refractivity contribution in [2.45, 2.75) is 32.3 Å². The van der Waals surface area contributed by atoms with E-state index in [1.807, 2.05) is 90.4 Å². The fourth-order valence-corrected chi connectivity index (χ4v) is 3.65. The SMILES string of the molecule is COc1ccc(COC[C@H](O)Cn2c([C@@H](C)Oc3ccccc3)nc3ccccc32)cc1. The van der Waals surface area contributed by atoms with Gasteiger partial charge in [0, 0.05) is 0 Å². The van der Waals surface area contributed by atoms with Crippen molar-refractivity contribution in [3.63, 3.8) is 0 Å². The van der Waals surface area contributed by atoms with Gasteiger partial charge in [0.1, 0.15) is 11.5 Å². The van der Waals surface area contributed by atoms with Crippen LogP contribution in [0.25, 0.3) is 11.0 Å². The van der Waals surface area contributed by atoms with Crippen molar-refractivity contribution >= 4 is 11.0 Å². The van der Waals surface area contributed by atoms with Gasteiger partial charge < -0.3 is 23.9 Å². The van der Waals surface area contributed by atoms with Gasteiger partial charge in [-0.25, -0.2) is 4.98 Å². The third kappa shape index (κ3) is 5.28. The molecular formula is C26H28N2O4. The number of hydrogen-bond acceptors (Lipinski definition) is 5. The molecule has 0 fully saturated rings. The topological polar surface area (TPSA) is 65.7 Å². The van der Waals surface area contributed by atoms with Gasteiger partial charge in [0.05, 0.1) is 44.0 Å². The Kier molecular flexibility index (Phi) is 7.04. The second-order valence-electron chi connectivity index (χ2n) is 7.66. The molecule has 166 valence electrons. The molecule has 0 aliphatic heterocycles. The maximum Gasteiger partial charge on any atom is 0.153 e. The lowest BCUT2D eigenvalue weighted by atomic mass is 10.2. The molecule has 0 radical (unpaired) electrons. The molecule has 2 atom stereocenters. The molecule has 0 aliphatic carbocycles. The van der Waals surface area contributed by atoms with Gasteiger partial charge in [-0.1, -0.05) is 42.5 Å². The summed E-state index contributed by atoms with van der Waals surface area (Å²) in [7, 11) is 1.64. The number of rotatable bonds is 10. The molecule has 4 aromatic rings. The molecular weight excluding hydrogens is 404 g/mol. The van der Waals surface area contributed by atoms with E-state index < -0.39 is 6.10 Å². The van der Waals surface area contributed by atoms with Crippen molar-refractivity contribution in [1.82, 2.24) is 9.55 Å². The first-order chi connectivity index (χ1) is 15.6. The van der Waals surface area contributed by atoms with E-state index in [0.29, 0.717) is 13.2 Å². The molecule has 0 amide bonds. The number of aliphatic hydroxyl groups is 1. The molecule has 0 aliphatic rings. The second kappa shape index (κ2) is 10.3. The molecule has 32 heavy (non-hydrogen) atoms. The molecule has 0 saturated heterocycles. The van der Waals surface area contributed by atoms with Crippen LogP contribution in [0.2, 0.25) is 0 Å². The van der Waals surface area contributed by atoms with E-state index in [2.05, 4.69) is 0 Å². The number of aromatic nitrogens is 2. The highest BCUT2D eigenvalue weighted by molar-refractivity contribution is 5.76. The average Bonchev–Trinajstić information content (AvgIpc) is 3.19. The Bertz CT molecular complexity index is 1130. The zero-order valence-electron chi connectivity index (χ0n) is 18.3. The van der Waals surface area contributed by atoms with Crippen molar-refractivity contribution in [2.75, 3.05) is 13.7 Å². The van der Waals surface area contributed by atoms with Gasteiger partial charge in [0.15, 0.2) is 11.9 Å². The van der Waals surface area contributed by atoms with Crippen LogP contribution in [-0.4, -0.2) is 34.5 Å². The van der Waals surface area contributed by atoms with Crippen LogP contribution >= 0.6 is 0 Å². The van der Waals surface area contributed by atoms with Crippen LogP contribution in [0, 0.1) is 0 Å². The predicted octanol–water partition coefficient (Wildman–Crippen LogP) is 4.76. The summed E-state index contributed by atoms with van der Waals surface area (Å²) in [6.45, 7) is 2.97. The zero-order valence-corrected chi connectivity index (χ0v) is 18.3. The standard InChI is InChI=1S/C26H28N2O4/c1-19(32-23-8-4-3-5-9-23)26-27-24-10-6-7-11-25(24)28(26)16-21(29)18-31-17-20-12-14-22(30-2)15-13-20/h3-15,19,21,29H,16-18H2,1-2H3/t19-,21-/m1/s1. The molecule has 1 N–H and O–H groups in total. The molecule has 1 aromatic heterocycles. The van der Waals surface area contributed by atoms with E-state index >= 15 is 0 Å². The number of benzene rings is 3. The lowest BCUT2D eigenvalue weighted by molar-refractivity contribution is 0.0198. The Hall–Kier alpha value is -3.35. The summed E-state index contributed by atoms with van der Waals surface area (Å²) in [6.07, 6.45) is -0.967. The number of ether oxygens (including phenoxy) is 3. The molecule has 0 saturated carbocycles. The maximum atomic E-state index is 10.7. The summed E-state index contributed by atoms with van der Waals surface area (Å²) < 4.78 is 19.1. The van der Waals surface area contributed by atoms with Gasteiger partial charge in [-0.2, -0.15) is 0 Å². The molecule has 4 rings (SSSR count). The van der Waals surface area contributed by atoms with Crippen LogP contribution < -0.4 is 9.47 Å². The first-order valence-electron chi connectivity index (χ1n) is 10.7. The van der Waals surface area contributed by atoms with E-state index in [4.69, 9.17) is 19.2 Å². The van der Waals surface area contributed by atoms with Gasteiger partial charge in [-0.05, 0) is 48.9 Å². The molecule has 3 aromatic carbocycles. The summed E-state index contributed by atoms with van der Waals surface area (Å²) >= 11 is 0. The number of nitrogens with zero attached hydrogens (tertiary/aromatic N) is 2.